The minimum atomic E-state index is -4.52. The second-order valence-electron chi connectivity index (χ2n) is 5.41. The van der Waals surface area contributed by atoms with Crippen LogP contribution in [0.15, 0.2) is 48.9 Å². The van der Waals surface area contributed by atoms with Gasteiger partial charge in [0.2, 0.25) is 0 Å². The topological polar surface area (TPSA) is 108 Å². The van der Waals surface area contributed by atoms with Gasteiger partial charge in [-0.3, -0.25) is 19.6 Å². The van der Waals surface area contributed by atoms with Crippen molar-refractivity contribution >= 4 is 17.3 Å². The van der Waals surface area contributed by atoms with Gasteiger partial charge in [0.15, 0.2) is 5.69 Å². The largest absolute Gasteiger partial charge is 0.416 e. The van der Waals surface area contributed by atoms with Gasteiger partial charge in [-0.2, -0.15) is 23.4 Å². The molecule has 1 aromatic carbocycles. The number of carbonyl (C=O) groups is 1. The van der Waals surface area contributed by atoms with E-state index in [0.717, 1.165) is 18.3 Å². The summed E-state index contributed by atoms with van der Waals surface area (Å²) in [4.78, 5) is 22.2. The zero-order valence-corrected chi connectivity index (χ0v) is 13.4. The standard InChI is InChI=1S/C15H11F3N6O3/c16-15(17,18)10-2-1-3-11(6-10)20-14(25)13-4-5-22(21-13)9-23-8-12(7-19-23)24(26)27/h1-8H,9H2,(H,20,25). The molecule has 0 aliphatic carbocycles. The van der Waals surface area contributed by atoms with E-state index < -0.39 is 22.6 Å². The van der Waals surface area contributed by atoms with E-state index in [1.165, 1.54) is 40.0 Å². The first-order valence-corrected chi connectivity index (χ1v) is 7.41. The second-order valence-corrected chi connectivity index (χ2v) is 5.41. The van der Waals surface area contributed by atoms with Crippen molar-refractivity contribution in [2.45, 2.75) is 12.8 Å². The Hall–Kier alpha value is -3.70. The van der Waals surface area contributed by atoms with Gasteiger partial charge < -0.3 is 5.32 Å². The molecule has 0 bridgehead atoms. The van der Waals surface area contributed by atoms with E-state index in [2.05, 4.69) is 15.5 Å². The van der Waals surface area contributed by atoms with Crippen molar-refractivity contribution in [1.29, 1.82) is 0 Å². The zero-order valence-electron chi connectivity index (χ0n) is 13.4. The molecular formula is C15H11F3N6O3. The Bertz CT molecular complexity index is 995. The van der Waals surface area contributed by atoms with Gasteiger partial charge in [-0.05, 0) is 24.3 Å². The van der Waals surface area contributed by atoms with Gasteiger partial charge in [-0.25, -0.2) is 4.68 Å². The molecule has 27 heavy (non-hydrogen) atoms. The Morgan fingerprint density at radius 3 is 2.70 bits per heavy atom. The first-order chi connectivity index (χ1) is 12.7. The van der Waals surface area contributed by atoms with Crippen molar-refractivity contribution in [2.75, 3.05) is 5.32 Å². The summed E-state index contributed by atoms with van der Waals surface area (Å²) in [6.07, 6.45) is -0.807. The van der Waals surface area contributed by atoms with Gasteiger partial charge >= 0.3 is 11.9 Å². The number of halogens is 3. The van der Waals surface area contributed by atoms with Crippen LogP contribution in [0.5, 0.6) is 0 Å². The summed E-state index contributed by atoms with van der Waals surface area (Å²) in [6, 6.07) is 5.58. The molecule has 0 saturated heterocycles. The lowest BCUT2D eigenvalue weighted by Gasteiger charge is -2.09. The summed E-state index contributed by atoms with van der Waals surface area (Å²) in [5, 5.41) is 20.7. The van der Waals surface area contributed by atoms with Crippen LogP contribution in [0.1, 0.15) is 16.1 Å². The van der Waals surface area contributed by atoms with Crippen LogP contribution >= 0.6 is 0 Å². The number of benzene rings is 1. The Morgan fingerprint density at radius 1 is 1.26 bits per heavy atom. The highest BCUT2D eigenvalue weighted by Crippen LogP contribution is 2.30. The van der Waals surface area contributed by atoms with Crippen LogP contribution < -0.4 is 5.32 Å². The Kier molecular flexibility index (Phi) is 4.62. The Labute approximate surface area is 149 Å². The molecule has 3 aromatic rings. The predicted molar refractivity (Wildman–Crippen MR) is 85.9 cm³/mol. The summed E-state index contributed by atoms with van der Waals surface area (Å²) in [5.74, 6) is -0.695. The normalized spacial score (nSPS) is 11.4. The molecule has 0 aliphatic heterocycles. The fourth-order valence-electron chi connectivity index (χ4n) is 2.20. The Morgan fingerprint density at radius 2 is 2.04 bits per heavy atom. The third-order valence-electron chi connectivity index (χ3n) is 3.44. The highest BCUT2D eigenvalue weighted by molar-refractivity contribution is 6.02. The molecule has 9 nitrogen and oxygen atoms in total. The molecule has 1 amide bonds. The highest BCUT2D eigenvalue weighted by atomic mass is 19.4. The molecule has 12 heteroatoms. The third-order valence-corrected chi connectivity index (χ3v) is 3.44. The van der Waals surface area contributed by atoms with Gasteiger partial charge in [-0.1, -0.05) is 6.07 Å². The molecule has 2 heterocycles. The molecule has 2 aromatic heterocycles. The van der Waals surface area contributed by atoms with Crippen molar-refractivity contribution in [3.63, 3.8) is 0 Å². The minimum Gasteiger partial charge on any atom is -0.321 e. The van der Waals surface area contributed by atoms with Crippen molar-refractivity contribution < 1.29 is 22.9 Å². The van der Waals surface area contributed by atoms with Gasteiger partial charge in [0, 0.05) is 11.9 Å². The van der Waals surface area contributed by atoms with E-state index in [1.54, 1.807) is 0 Å². The van der Waals surface area contributed by atoms with Crippen LogP contribution in [-0.4, -0.2) is 30.4 Å². The molecule has 1 N–H and O–H groups in total. The van der Waals surface area contributed by atoms with E-state index in [4.69, 9.17) is 0 Å². The van der Waals surface area contributed by atoms with Gasteiger partial charge in [0.1, 0.15) is 19.1 Å². The first kappa shape index (κ1) is 18.1. The van der Waals surface area contributed by atoms with E-state index >= 15 is 0 Å². The van der Waals surface area contributed by atoms with Gasteiger partial charge in [0.05, 0.1) is 10.5 Å². The molecular weight excluding hydrogens is 369 g/mol. The number of anilines is 1. The van der Waals surface area contributed by atoms with Crippen LogP contribution in [0.4, 0.5) is 24.5 Å². The molecule has 140 valence electrons. The fraction of sp³-hybridized carbons (Fsp3) is 0.133. The number of rotatable bonds is 5. The second kappa shape index (κ2) is 6.90. The summed E-state index contributed by atoms with van der Waals surface area (Å²) >= 11 is 0. The van der Waals surface area contributed by atoms with Crippen molar-refractivity contribution in [2.24, 2.45) is 0 Å². The number of alkyl halides is 3. The quantitative estimate of drug-likeness (QED) is 0.541. The predicted octanol–water partition coefficient (Wildman–Crippen LogP) is 2.76. The summed E-state index contributed by atoms with van der Waals surface area (Å²) < 4.78 is 40.7. The molecule has 0 fully saturated rings. The van der Waals surface area contributed by atoms with Crippen LogP contribution in [0.3, 0.4) is 0 Å². The number of hydrogen-bond acceptors (Lipinski definition) is 5. The molecule has 0 unspecified atom stereocenters. The lowest BCUT2D eigenvalue weighted by atomic mass is 10.2. The van der Waals surface area contributed by atoms with Gasteiger partial charge in [0.25, 0.3) is 5.91 Å². The average Bonchev–Trinajstić information content (AvgIpc) is 3.24. The number of carbonyl (C=O) groups excluding carboxylic acids is 1. The van der Waals surface area contributed by atoms with Gasteiger partial charge in [-0.15, -0.1) is 0 Å². The number of nitrogens with one attached hydrogen (secondary N) is 1. The molecule has 0 spiro atoms. The maximum Gasteiger partial charge on any atom is 0.416 e. The average molecular weight is 380 g/mol. The van der Waals surface area contributed by atoms with Crippen LogP contribution in [0.2, 0.25) is 0 Å². The Balaban J connectivity index is 1.69. The summed E-state index contributed by atoms with van der Waals surface area (Å²) in [7, 11) is 0. The molecule has 0 atom stereocenters. The monoisotopic (exact) mass is 380 g/mol. The first-order valence-electron chi connectivity index (χ1n) is 7.41. The highest BCUT2D eigenvalue weighted by Gasteiger charge is 2.30. The van der Waals surface area contributed by atoms with E-state index in [9.17, 15) is 28.1 Å². The fourth-order valence-corrected chi connectivity index (χ4v) is 2.20. The third kappa shape index (κ3) is 4.29. The number of amides is 1. The number of hydrogen-bond donors (Lipinski definition) is 1. The van der Waals surface area contributed by atoms with E-state index in [1.807, 2.05) is 0 Å². The van der Waals surface area contributed by atoms with E-state index in [-0.39, 0.29) is 23.7 Å². The number of nitrogens with zero attached hydrogens (tertiary/aromatic N) is 5. The lowest BCUT2D eigenvalue weighted by Crippen LogP contribution is -2.15. The molecule has 0 aliphatic rings. The number of aromatic nitrogens is 4. The summed E-state index contributed by atoms with van der Waals surface area (Å²) in [5.41, 5.74) is -1.13. The minimum absolute atomic E-state index is 0.0185. The van der Waals surface area contributed by atoms with Crippen molar-refractivity contribution in [1.82, 2.24) is 19.6 Å². The smallest absolute Gasteiger partial charge is 0.321 e. The zero-order chi connectivity index (χ0) is 19.6. The lowest BCUT2D eigenvalue weighted by molar-refractivity contribution is -0.385. The van der Waals surface area contributed by atoms with Crippen LogP contribution in [0, 0.1) is 10.1 Å². The molecule has 3 rings (SSSR count). The maximum atomic E-state index is 12.7. The molecule has 0 radical (unpaired) electrons. The van der Waals surface area contributed by atoms with Crippen LogP contribution in [0.25, 0.3) is 0 Å². The SMILES string of the molecule is O=C(Nc1cccc(C(F)(F)F)c1)c1ccn(Cn2cc([N+](=O)[O-])cn2)n1. The maximum absolute atomic E-state index is 12.7. The van der Waals surface area contributed by atoms with Crippen molar-refractivity contribution in [3.8, 4) is 0 Å². The van der Waals surface area contributed by atoms with Crippen molar-refractivity contribution in [3.05, 3.63) is 70.3 Å². The summed E-state index contributed by atoms with van der Waals surface area (Å²) in [6.45, 7) is 0.0185. The van der Waals surface area contributed by atoms with Crippen LogP contribution in [-0.2, 0) is 12.8 Å². The number of nitro groups is 1. The van der Waals surface area contributed by atoms with E-state index in [0.29, 0.717) is 0 Å². The molecule has 0 saturated carbocycles.